The summed E-state index contributed by atoms with van der Waals surface area (Å²) in [5.41, 5.74) is 0.207. The van der Waals surface area contributed by atoms with Crippen LogP contribution < -0.4 is 5.32 Å². The van der Waals surface area contributed by atoms with Gasteiger partial charge in [0.05, 0.1) is 0 Å². The number of nitrogens with one attached hydrogen (secondary N) is 1. The van der Waals surface area contributed by atoms with Gasteiger partial charge in [-0.1, -0.05) is 23.7 Å². The van der Waals surface area contributed by atoms with Crippen LogP contribution in [0.15, 0.2) is 24.3 Å². The molecule has 2 N–H and O–H groups in total. The van der Waals surface area contributed by atoms with E-state index in [9.17, 15) is 5.11 Å². The molecule has 1 fully saturated rings. The van der Waals surface area contributed by atoms with Gasteiger partial charge in [0.15, 0.2) is 0 Å². The van der Waals surface area contributed by atoms with E-state index in [-0.39, 0.29) is 0 Å². The molecule has 1 aromatic carbocycles. The molecule has 2 nitrogen and oxygen atoms in total. The number of benzene rings is 1. The summed E-state index contributed by atoms with van der Waals surface area (Å²) < 4.78 is 0. The Balaban J connectivity index is 2.33. The Hall–Kier alpha value is -0.570. The van der Waals surface area contributed by atoms with Crippen LogP contribution in [0.2, 0.25) is 5.02 Å². The smallest absolute Gasteiger partial charge is 0.114 e. The fourth-order valence-corrected chi connectivity index (χ4v) is 1.53. The molecule has 0 aromatic heterocycles. The van der Waals surface area contributed by atoms with Gasteiger partial charge in [-0.3, -0.25) is 0 Å². The van der Waals surface area contributed by atoms with Gasteiger partial charge in [-0.25, -0.2) is 0 Å². The van der Waals surface area contributed by atoms with Crippen LogP contribution in [0.25, 0.3) is 0 Å². The van der Waals surface area contributed by atoms with Crippen LogP contribution >= 0.6 is 11.6 Å². The minimum atomic E-state index is -0.690. The molecular weight excluding hydrogens is 174 g/mol. The van der Waals surface area contributed by atoms with E-state index in [0.717, 1.165) is 5.56 Å². The molecule has 3 heteroatoms. The summed E-state index contributed by atoms with van der Waals surface area (Å²) in [6.45, 7) is 1.24. The fraction of sp³-hybridized carbons (Fsp3) is 0.333. The predicted molar refractivity (Wildman–Crippen MR) is 48.2 cm³/mol. The molecular formula is C9H10ClNO. The molecule has 12 heavy (non-hydrogen) atoms. The number of hydrogen-bond donors (Lipinski definition) is 2. The molecule has 2 rings (SSSR count). The molecule has 1 aromatic rings. The number of halogens is 1. The minimum Gasteiger partial charge on any atom is -0.382 e. The van der Waals surface area contributed by atoms with Gasteiger partial charge in [0, 0.05) is 18.1 Å². The Morgan fingerprint density at radius 3 is 2.67 bits per heavy atom. The molecule has 1 saturated heterocycles. The lowest BCUT2D eigenvalue weighted by Crippen LogP contribution is -2.56. The van der Waals surface area contributed by atoms with E-state index in [1.165, 1.54) is 0 Å². The summed E-state index contributed by atoms with van der Waals surface area (Å²) in [5, 5.41) is 13.6. The van der Waals surface area contributed by atoms with Crippen molar-refractivity contribution in [3.63, 3.8) is 0 Å². The number of hydrogen-bond acceptors (Lipinski definition) is 2. The molecule has 0 aliphatic carbocycles. The van der Waals surface area contributed by atoms with Gasteiger partial charge < -0.3 is 10.4 Å². The molecule has 0 spiro atoms. The Bertz CT molecular complexity index is 296. The van der Waals surface area contributed by atoms with Crippen molar-refractivity contribution in [1.82, 2.24) is 5.32 Å². The van der Waals surface area contributed by atoms with Gasteiger partial charge >= 0.3 is 0 Å². The second-order valence-electron chi connectivity index (χ2n) is 3.15. The summed E-state index contributed by atoms with van der Waals surface area (Å²) in [7, 11) is 0. The minimum absolute atomic E-state index is 0.618. The largest absolute Gasteiger partial charge is 0.382 e. The molecule has 0 saturated carbocycles. The van der Waals surface area contributed by atoms with E-state index in [1.807, 2.05) is 18.2 Å². The second-order valence-corrected chi connectivity index (χ2v) is 3.58. The average Bonchev–Trinajstić information content (AvgIpc) is 2.00. The van der Waals surface area contributed by atoms with E-state index in [4.69, 9.17) is 11.6 Å². The summed E-state index contributed by atoms with van der Waals surface area (Å²) in [6.07, 6.45) is 0. The molecule has 0 bridgehead atoms. The van der Waals surface area contributed by atoms with Crippen molar-refractivity contribution in [3.8, 4) is 0 Å². The third-order valence-corrected chi connectivity index (χ3v) is 2.43. The van der Waals surface area contributed by atoms with E-state index in [2.05, 4.69) is 5.32 Å². The standard InChI is InChI=1S/C9H10ClNO/c10-8-3-1-2-7(4-8)9(12)5-11-6-9/h1-4,11-12H,5-6H2. The Kier molecular flexibility index (Phi) is 1.83. The highest BCUT2D eigenvalue weighted by molar-refractivity contribution is 6.30. The first kappa shape index (κ1) is 8.05. The Morgan fingerprint density at radius 2 is 2.17 bits per heavy atom. The first-order valence-corrected chi connectivity index (χ1v) is 4.28. The van der Waals surface area contributed by atoms with Gasteiger partial charge in [0.25, 0.3) is 0 Å². The molecule has 1 aliphatic heterocycles. The van der Waals surface area contributed by atoms with Crippen molar-refractivity contribution in [2.75, 3.05) is 13.1 Å². The van der Waals surface area contributed by atoms with Crippen LogP contribution in [0, 0.1) is 0 Å². The van der Waals surface area contributed by atoms with Crippen molar-refractivity contribution in [2.45, 2.75) is 5.60 Å². The molecule has 0 radical (unpaired) electrons. The molecule has 1 heterocycles. The Morgan fingerprint density at radius 1 is 1.42 bits per heavy atom. The summed E-state index contributed by atoms with van der Waals surface area (Å²) in [6, 6.07) is 7.36. The lowest BCUT2D eigenvalue weighted by atomic mass is 9.88. The van der Waals surface area contributed by atoms with Gasteiger partial charge in [-0.15, -0.1) is 0 Å². The monoisotopic (exact) mass is 183 g/mol. The van der Waals surface area contributed by atoms with E-state index >= 15 is 0 Å². The lowest BCUT2D eigenvalue weighted by molar-refractivity contribution is -0.0146. The topological polar surface area (TPSA) is 32.3 Å². The normalized spacial score (nSPS) is 20.2. The van der Waals surface area contributed by atoms with Crippen LogP contribution in [-0.2, 0) is 5.60 Å². The van der Waals surface area contributed by atoms with Crippen LogP contribution in [-0.4, -0.2) is 18.2 Å². The van der Waals surface area contributed by atoms with E-state index in [1.54, 1.807) is 6.07 Å². The van der Waals surface area contributed by atoms with Crippen molar-refractivity contribution in [3.05, 3.63) is 34.9 Å². The second kappa shape index (κ2) is 2.73. The third kappa shape index (κ3) is 1.22. The van der Waals surface area contributed by atoms with E-state index < -0.39 is 5.60 Å². The SMILES string of the molecule is OC1(c2cccc(Cl)c2)CNC1. The highest BCUT2D eigenvalue weighted by Gasteiger charge is 2.35. The van der Waals surface area contributed by atoms with Crippen molar-refractivity contribution < 1.29 is 5.11 Å². The summed E-state index contributed by atoms with van der Waals surface area (Å²) in [5.74, 6) is 0. The number of rotatable bonds is 1. The van der Waals surface area contributed by atoms with Crippen molar-refractivity contribution >= 4 is 11.6 Å². The van der Waals surface area contributed by atoms with Crippen molar-refractivity contribution in [1.29, 1.82) is 0 Å². The highest BCUT2D eigenvalue weighted by Crippen LogP contribution is 2.26. The maximum Gasteiger partial charge on any atom is 0.114 e. The molecule has 0 atom stereocenters. The van der Waals surface area contributed by atoms with Gasteiger partial charge in [-0.05, 0) is 17.7 Å². The number of aliphatic hydroxyl groups is 1. The maximum absolute atomic E-state index is 9.88. The van der Waals surface area contributed by atoms with Gasteiger partial charge in [0.2, 0.25) is 0 Å². The fourth-order valence-electron chi connectivity index (χ4n) is 1.34. The van der Waals surface area contributed by atoms with Crippen LogP contribution in [0.3, 0.4) is 0 Å². The molecule has 0 amide bonds. The van der Waals surface area contributed by atoms with Gasteiger partial charge in [-0.2, -0.15) is 0 Å². The summed E-state index contributed by atoms with van der Waals surface area (Å²) >= 11 is 5.80. The molecule has 0 unspecified atom stereocenters. The van der Waals surface area contributed by atoms with Crippen LogP contribution in [0.4, 0.5) is 0 Å². The zero-order valence-corrected chi connectivity index (χ0v) is 7.30. The lowest BCUT2D eigenvalue weighted by Gasteiger charge is -2.38. The quantitative estimate of drug-likeness (QED) is 0.684. The average molecular weight is 184 g/mol. The maximum atomic E-state index is 9.88. The number of β-amino-alcohol motifs (C(OH)–C–C–N with tert-alkyl or cyclic N) is 1. The van der Waals surface area contributed by atoms with Crippen LogP contribution in [0.5, 0.6) is 0 Å². The first-order chi connectivity index (χ1) is 5.71. The zero-order valence-electron chi connectivity index (χ0n) is 6.55. The highest BCUT2D eigenvalue weighted by atomic mass is 35.5. The predicted octanol–water partition coefficient (Wildman–Crippen LogP) is 1.13. The van der Waals surface area contributed by atoms with Crippen LogP contribution in [0.1, 0.15) is 5.56 Å². The van der Waals surface area contributed by atoms with Crippen molar-refractivity contribution in [2.24, 2.45) is 0 Å². The third-order valence-electron chi connectivity index (χ3n) is 2.20. The van der Waals surface area contributed by atoms with E-state index in [0.29, 0.717) is 18.1 Å². The molecule has 64 valence electrons. The van der Waals surface area contributed by atoms with Gasteiger partial charge in [0.1, 0.15) is 5.60 Å². The summed E-state index contributed by atoms with van der Waals surface area (Å²) in [4.78, 5) is 0. The Labute approximate surface area is 76.2 Å². The zero-order chi connectivity index (χ0) is 8.60. The molecule has 1 aliphatic rings. The first-order valence-electron chi connectivity index (χ1n) is 3.90.